The molecular weight excluding hydrogens is 143 g/mol. The van der Waals surface area contributed by atoms with Gasteiger partial charge >= 0.3 is 0 Å². The number of hydrogen-bond donors (Lipinski definition) is 2. The van der Waals surface area contributed by atoms with E-state index in [0.29, 0.717) is 0 Å². The first kappa shape index (κ1) is 11.5. The molecule has 5 heteroatoms. The molecule has 39 valence electrons. The quantitative estimate of drug-likeness (QED) is 0.378. The molecule has 2 N–H and O–H groups in total. The third-order valence-corrected chi connectivity index (χ3v) is 0.875. The molecule has 0 aliphatic carbocycles. The van der Waals surface area contributed by atoms with Gasteiger partial charge in [-0.25, -0.2) is 4.21 Å². The van der Waals surface area contributed by atoms with Gasteiger partial charge in [0.1, 0.15) is 0 Å². The Kier molecular flexibility index (Phi) is 9.58. The summed E-state index contributed by atoms with van der Waals surface area (Å²) in [5.41, 5.74) is -1.12. The number of rotatable bonds is 1. The van der Waals surface area contributed by atoms with Gasteiger partial charge in [-0.05, 0) is 6.92 Å². The van der Waals surface area contributed by atoms with E-state index in [2.05, 4.69) is 0 Å². The Labute approximate surface area is 87.2 Å². The van der Waals surface area contributed by atoms with Gasteiger partial charge in [0.2, 0.25) is 0 Å². The molecule has 7 heavy (non-hydrogen) atoms. The van der Waals surface area contributed by atoms with Crippen LogP contribution in [0.15, 0.2) is 0 Å². The Morgan fingerprint density at radius 3 is 1.86 bits per heavy atom. The maximum atomic E-state index is 9.56. The third kappa shape index (κ3) is 7.71. The van der Waals surface area contributed by atoms with Crippen molar-refractivity contribution in [1.29, 1.82) is 0 Å². The summed E-state index contributed by atoms with van der Waals surface area (Å²) in [6.07, 6.45) is 0. The monoisotopic (exact) mass is 149 g/mol. The van der Waals surface area contributed by atoms with Gasteiger partial charge in [-0.1, -0.05) is 0 Å². The predicted molar refractivity (Wildman–Crippen MR) is 28.2 cm³/mol. The molecule has 0 aromatic rings. The van der Waals surface area contributed by atoms with Crippen LogP contribution in [0.4, 0.5) is 0 Å². The van der Waals surface area contributed by atoms with Crippen LogP contribution < -0.4 is 0 Å². The van der Waals surface area contributed by atoms with Gasteiger partial charge in [-0.3, -0.25) is 0 Å². The van der Waals surface area contributed by atoms with Crippen LogP contribution in [-0.4, -0.2) is 70.7 Å². The minimum absolute atomic E-state index is 0. The average molecular weight is 149 g/mol. The van der Waals surface area contributed by atoms with Crippen LogP contribution in [0.2, 0.25) is 0 Å². The zero-order valence-corrected chi connectivity index (χ0v) is 8.23. The Morgan fingerprint density at radius 2 is 1.86 bits per heavy atom. The second kappa shape index (κ2) is 5.84. The average Bonchev–Trinajstić information content (AvgIpc) is 1.36. The molecule has 1 radical (unpaired) electrons. The van der Waals surface area contributed by atoms with Crippen LogP contribution in [0, 0.1) is 0 Å². The van der Waals surface area contributed by atoms with Crippen LogP contribution in [-0.2, 0) is 11.1 Å². The van der Waals surface area contributed by atoms with Crippen LogP contribution in [0.25, 0.3) is 0 Å². The van der Waals surface area contributed by atoms with Gasteiger partial charge in [0.25, 0.3) is 0 Å². The van der Waals surface area contributed by atoms with Crippen molar-refractivity contribution in [3.05, 3.63) is 0 Å². The van der Waals surface area contributed by atoms with Gasteiger partial charge in [-0.15, -0.1) is 0 Å². The van der Waals surface area contributed by atoms with Crippen molar-refractivity contribution < 1.29 is 13.9 Å². The SMILES string of the molecule is CC(O)S(=O)O.[K]. The zero-order chi connectivity index (χ0) is 5.15. The third-order valence-electron chi connectivity index (χ3n) is 0.292. The fraction of sp³-hybridized carbons (Fsp3) is 1.00. The summed E-state index contributed by atoms with van der Waals surface area (Å²) >= 11 is -2.06. The molecule has 0 fully saturated rings. The van der Waals surface area contributed by atoms with Gasteiger partial charge < -0.3 is 9.66 Å². The van der Waals surface area contributed by atoms with E-state index < -0.39 is 16.5 Å². The molecule has 0 saturated heterocycles. The molecular formula is C2H6KO3S. The summed E-state index contributed by atoms with van der Waals surface area (Å²) in [6, 6.07) is 0. The molecule has 0 saturated carbocycles. The Morgan fingerprint density at radius 1 is 1.71 bits per heavy atom. The van der Waals surface area contributed by atoms with Crippen molar-refractivity contribution >= 4 is 62.5 Å². The van der Waals surface area contributed by atoms with E-state index in [1.807, 2.05) is 0 Å². The summed E-state index contributed by atoms with van der Waals surface area (Å²) in [6.45, 7) is 1.25. The van der Waals surface area contributed by atoms with Gasteiger partial charge in [-0.2, -0.15) is 0 Å². The molecule has 3 nitrogen and oxygen atoms in total. The summed E-state index contributed by atoms with van der Waals surface area (Å²) in [5, 5.41) is 8.08. The summed E-state index contributed by atoms with van der Waals surface area (Å²) in [7, 11) is 0. The Bertz CT molecular complexity index is 64.0. The molecule has 2 unspecified atom stereocenters. The molecule has 0 rings (SSSR count). The topological polar surface area (TPSA) is 57.5 Å². The minimum atomic E-state index is -2.06. The second-order valence-corrected chi connectivity index (χ2v) is 2.11. The van der Waals surface area contributed by atoms with Gasteiger partial charge in [0.05, 0.1) is 0 Å². The normalized spacial score (nSPS) is 17.0. The fourth-order valence-corrected chi connectivity index (χ4v) is 0. The van der Waals surface area contributed by atoms with E-state index in [1.165, 1.54) is 6.92 Å². The van der Waals surface area contributed by atoms with Crippen LogP contribution in [0.3, 0.4) is 0 Å². The first-order valence-corrected chi connectivity index (χ1v) is 2.59. The van der Waals surface area contributed by atoms with Crippen LogP contribution in [0.5, 0.6) is 0 Å². The van der Waals surface area contributed by atoms with E-state index in [-0.39, 0.29) is 51.4 Å². The van der Waals surface area contributed by atoms with Crippen molar-refractivity contribution in [3.63, 3.8) is 0 Å². The van der Waals surface area contributed by atoms with Crippen LogP contribution in [0.1, 0.15) is 6.92 Å². The zero-order valence-electron chi connectivity index (χ0n) is 4.29. The largest absolute Gasteiger partial charge is 0.378 e. The van der Waals surface area contributed by atoms with E-state index in [9.17, 15) is 4.21 Å². The number of aliphatic hydroxyl groups is 1. The fourth-order valence-electron chi connectivity index (χ4n) is 0. The van der Waals surface area contributed by atoms with E-state index in [4.69, 9.17) is 9.66 Å². The molecule has 0 heterocycles. The predicted octanol–water partition coefficient (Wildman–Crippen LogP) is -0.834. The Hall–Kier alpha value is 1.71. The van der Waals surface area contributed by atoms with Crippen molar-refractivity contribution in [2.24, 2.45) is 0 Å². The Balaban J connectivity index is 0. The summed E-state index contributed by atoms with van der Waals surface area (Å²) < 4.78 is 17.4. The van der Waals surface area contributed by atoms with E-state index >= 15 is 0 Å². The van der Waals surface area contributed by atoms with Crippen molar-refractivity contribution in [1.82, 2.24) is 0 Å². The van der Waals surface area contributed by atoms with Crippen molar-refractivity contribution in [3.8, 4) is 0 Å². The van der Waals surface area contributed by atoms with Gasteiger partial charge in [0.15, 0.2) is 16.5 Å². The maximum absolute atomic E-state index is 9.56. The molecule has 0 aliphatic rings. The number of aliphatic hydroxyl groups excluding tert-OH is 1. The first-order chi connectivity index (χ1) is 2.64. The standard InChI is InChI=1S/C2H6O3S.K/c1-2(3)6(4)5;/h2-3H,1H3,(H,4,5);. The molecule has 0 bridgehead atoms. The molecule has 0 amide bonds. The van der Waals surface area contributed by atoms with E-state index in [1.54, 1.807) is 0 Å². The second-order valence-electron chi connectivity index (χ2n) is 0.875. The molecule has 0 aromatic heterocycles. The minimum Gasteiger partial charge on any atom is -0.378 e. The van der Waals surface area contributed by atoms with Gasteiger partial charge in [0, 0.05) is 51.4 Å². The molecule has 0 aromatic carbocycles. The smallest absolute Gasteiger partial charge is 0.182 e. The molecule has 0 aliphatic heterocycles. The molecule has 2 atom stereocenters. The summed E-state index contributed by atoms with van der Waals surface area (Å²) in [4.78, 5) is 0. The van der Waals surface area contributed by atoms with E-state index in [0.717, 1.165) is 0 Å². The van der Waals surface area contributed by atoms with Crippen molar-refractivity contribution in [2.75, 3.05) is 0 Å². The summed E-state index contributed by atoms with van der Waals surface area (Å²) in [5.74, 6) is 0. The van der Waals surface area contributed by atoms with Crippen LogP contribution >= 0.6 is 0 Å². The van der Waals surface area contributed by atoms with Crippen molar-refractivity contribution in [2.45, 2.75) is 12.4 Å². The number of hydrogen-bond acceptors (Lipinski definition) is 2. The molecule has 0 spiro atoms. The maximum Gasteiger partial charge on any atom is 0.182 e. The first-order valence-electron chi connectivity index (χ1n) is 1.42.